The third-order valence-corrected chi connectivity index (χ3v) is 3.05. The molecule has 0 aliphatic rings. The first-order chi connectivity index (χ1) is 8.61. The molecule has 2 aromatic rings. The van der Waals surface area contributed by atoms with E-state index in [-0.39, 0.29) is 5.41 Å². The molecule has 2 rings (SSSR count). The van der Waals surface area contributed by atoms with E-state index >= 15 is 0 Å². The average Bonchev–Trinajstić information content (AvgIpc) is 2.97. The summed E-state index contributed by atoms with van der Waals surface area (Å²) in [5, 5.41) is 3.90. The van der Waals surface area contributed by atoms with Crippen LogP contribution in [0.3, 0.4) is 0 Å². The van der Waals surface area contributed by atoms with Crippen LogP contribution >= 0.6 is 0 Å². The highest BCUT2D eigenvalue weighted by molar-refractivity contribution is 5.44. The summed E-state index contributed by atoms with van der Waals surface area (Å²) in [5.41, 5.74) is 5.79. The van der Waals surface area contributed by atoms with Gasteiger partial charge >= 0.3 is 0 Å². The molecule has 0 aromatic carbocycles. The lowest BCUT2D eigenvalue weighted by Crippen LogP contribution is -2.17. The van der Waals surface area contributed by atoms with Crippen molar-refractivity contribution in [2.75, 3.05) is 6.54 Å². The molecule has 2 N–H and O–H groups in total. The summed E-state index contributed by atoms with van der Waals surface area (Å²) in [6.07, 6.45) is 4.33. The van der Waals surface area contributed by atoms with Gasteiger partial charge in [0.05, 0.1) is 6.26 Å². The molecule has 2 heterocycles. The molecule has 0 bridgehead atoms. The highest BCUT2D eigenvalue weighted by atomic mass is 16.5. The SMILES string of the molecule is CC(C)(CCN)CCc1nc(-c2ccco2)no1. The van der Waals surface area contributed by atoms with Crippen molar-refractivity contribution < 1.29 is 8.94 Å². The number of nitrogens with zero attached hydrogens (tertiary/aromatic N) is 2. The van der Waals surface area contributed by atoms with Gasteiger partial charge < -0.3 is 14.7 Å². The maximum Gasteiger partial charge on any atom is 0.238 e. The van der Waals surface area contributed by atoms with Crippen LogP contribution in [0.15, 0.2) is 27.3 Å². The van der Waals surface area contributed by atoms with E-state index in [9.17, 15) is 0 Å². The molecule has 0 amide bonds. The summed E-state index contributed by atoms with van der Waals surface area (Å²) in [5.74, 6) is 1.78. The fourth-order valence-electron chi connectivity index (χ4n) is 1.82. The molecule has 5 nitrogen and oxygen atoms in total. The zero-order valence-electron chi connectivity index (χ0n) is 10.8. The molecule has 5 heteroatoms. The molecule has 0 saturated heterocycles. The fourth-order valence-corrected chi connectivity index (χ4v) is 1.82. The van der Waals surface area contributed by atoms with Crippen molar-refractivity contribution in [2.45, 2.75) is 33.1 Å². The number of aryl methyl sites for hydroxylation is 1. The van der Waals surface area contributed by atoms with Gasteiger partial charge in [-0.1, -0.05) is 19.0 Å². The zero-order chi connectivity index (χ0) is 13.0. The minimum Gasteiger partial charge on any atom is -0.461 e. The van der Waals surface area contributed by atoms with E-state index < -0.39 is 0 Å². The maximum atomic E-state index is 5.59. The Bertz CT molecular complexity index is 474. The highest BCUT2D eigenvalue weighted by Gasteiger charge is 2.19. The average molecular weight is 249 g/mol. The van der Waals surface area contributed by atoms with Gasteiger partial charge in [0, 0.05) is 6.42 Å². The van der Waals surface area contributed by atoms with Gasteiger partial charge in [-0.3, -0.25) is 0 Å². The van der Waals surface area contributed by atoms with Crippen LogP contribution in [0.2, 0.25) is 0 Å². The third-order valence-electron chi connectivity index (χ3n) is 3.05. The van der Waals surface area contributed by atoms with Crippen LogP contribution in [-0.2, 0) is 6.42 Å². The summed E-state index contributed by atoms with van der Waals surface area (Å²) in [7, 11) is 0. The fraction of sp³-hybridized carbons (Fsp3) is 0.538. The smallest absolute Gasteiger partial charge is 0.238 e. The van der Waals surface area contributed by atoms with Crippen LogP contribution in [-0.4, -0.2) is 16.7 Å². The van der Waals surface area contributed by atoms with Gasteiger partial charge in [-0.25, -0.2) is 0 Å². The first kappa shape index (κ1) is 12.8. The second-order valence-corrected chi connectivity index (χ2v) is 5.19. The predicted octanol–water partition coefficient (Wildman–Crippen LogP) is 2.64. The number of hydrogen-bond donors (Lipinski definition) is 1. The van der Waals surface area contributed by atoms with Crippen LogP contribution in [0, 0.1) is 5.41 Å². The van der Waals surface area contributed by atoms with E-state index in [0.717, 1.165) is 19.3 Å². The Morgan fingerprint density at radius 1 is 1.33 bits per heavy atom. The molecule has 18 heavy (non-hydrogen) atoms. The number of hydrogen-bond acceptors (Lipinski definition) is 5. The van der Waals surface area contributed by atoms with Crippen LogP contribution in [0.25, 0.3) is 11.6 Å². The minimum atomic E-state index is 0.202. The molecule has 0 aliphatic heterocycles. The summed E-state index contributed by atoms with van der Waals surface area (Å²) >= 11 is 0. The van der Waals surface area contributed by atoms with Gasteiger partial charge in [0.15, 0.2) is 5.76 Å². The standard InChI is InChI=1S/C13H19N3O2/c1-13(2,7-8-14)6-5-11-15-12(16-18-11)10-4-3-9-17-10/h3-4,9H,5-8,14H2,1-2H3. The van der Waals surface area contributed by atoms with Gasteiger partial charge in [-0.05, 0) is 36.9 Å². The summed E-state index contributed by atoms with van der Waals surface area (Å²) < 4.78 is 10.4. The molecule has 0 unspecified atom stereocenters. The first-order valence-corrected chi connectivity index (χ1v) is 6.17. The molecule has 98 valence electrons. The molecule has 0 spiro atoms. The Kier molecular flexibility index (Phi) is 3.81. The van der Waals surface area contributed by atoms with Crippen molar-refractivity contribution in [2.24, 2.45) is 11.1 Å². The number of rotatable bonds is 6. The van der Waals surface area contributed by atoms with Crippen LogP contribution in [0.4, 0.5) is 0 Å². The van der Waals surface area contributed by atoms with Crippen molar-refractivity contribution in [3.8, 4) is 11.6 Å². The Morgan fingerprint density at radius 3 is 2.83 bits per heavy atom. The van der Waals surface area contributed by atoms with Gasteiger partial charge in [0.1, 0.15) is 0 Å². The Morgan fingerprint density at radius 2 is 2.17 bits per heavy atom. The van der Waals surface area contributed by atoms with Gasteiger partial charge in [-0.2, -0.15) is 4.98 Å². The zero-order valence-corrected chi connectivity index (χ0v) is 10.8. The van der Waals surface area contributed by atoms with Gasteiger partial charge in [0.2, 0.25) is 11.7 Å². The maximum absolute atomic E-state index is 5.59. The molecular weight excluding hydrogens is 230 g/mol. The largest absolute Gasteiger partial charge is 0.461 e. The lowest BCUT2D eigenvalue weighted by Gasteiger charge is -2.22. The summed E-state index contributed by atoms with van der Waals surface area (Å²) in [6, 6.07) is 3.61. The van der Waals surface area contributed by atoms with Crippen LogP contribution in [0.1, 0.15) is 32.6 Å². The molecular formula is C13H19N3O2. The first-order valence-electron chi connectivity index (χ1n) is 6.17. The minimum absolute atomic E-state index is 0.202. The number of furan rings is 1. The topological polar surface area (TPSA) is 78.1 Å². The number of aromatic nitrogens is 2. The molecule has 0 fully saturated rings. The predicted molar refractivity (Wildman–Crippen MR) is 67.8 cm³/mol. The second kappa shape index (κ2) is 5.35. The quantitative estimate of drug-likeness (QED) is 0.851. The van der Waals surface area contributed by atoms with Gasteiger partial charge in [0.25, 0.3) is 0 Å². The summed E-state index contributed by atoms with van der Waals surface area (Å²) in [6.45, 7) is 5.10. The highest BCUT2D eigenvalue weighted by Crippen LogP contribution is 2.26. The Balaban J connectivity index is 1.95. The van der Waals surface area contributed by atoms with E-state index in [1.165, 1.54) is 0 Å². The number of nitrogens with two attached hydrogens (primary N) is 1. The molecule has 0 saturated carbocycles. The third kappa shape index (κ3) is 3.20. The van der Waals surface area contributed by atoms with Crippen LogP contribution in [0.5, 0.6) is 0 Å². The monoisotopic (exact) mass is 249 g/mol. The van der Waals surface area contributed by atoms with Crippen molar-refractivity contribution >= 4 is 0 Å². The van der Waals surface area contributed by atoms with Crippen molar-refractivity contribution in [3.05, 3.63) is 24.3 Å². The second-order valence-electron chi connectivity index (χ2n) is 5.19. The van der Waals surface area contributed by atoms with E-state index in [2.05, 4.69) is 24.0 Å². The molecule has 0 atom stereocenters. The normalized spacial score (nSPS) is 11.9. The van der Waals surface area contributed by atoms with E-state index in [0.29, 0.717) is 24.0 Å². The Labute approximate surface area is 106 Å². The van der Waals surface area contributed by atoms with Crippen molar-refractivity contribution in [3.63, 3.8) is 0 Å². The molecule has 2 aromatic heterocycles. The van der Waals surface area contributed by atoms with Gasteiger partial charge in [-0.15, -0.1) is 0 Å². The van der Waals surface area contributed by atoms with Crippen molar-refractivity contribution in [1.29, 1.82) is 0 Å². The molecule has 0 radical (unpaired) electrons. The van der Waals surface area contributed by atoms with E-state index in [4.69, 9.17) is 14.7 Å². The van der Waals surface area contributed by atoms with Crippen LogP contribution < -0.4 is 5.73 Å². The van der Waals surface area contributed by atoms with E-state index in [1.807, 2.05) is 6.07 Å². The molecule has 0 aliphatic carbocycles. The summed E-state index contributed by atoms with van der Waals surface area (Å²) in [4.78, 5) is 4.31. The Hall–Kier alpha value is -1.62. The van der Waals surface area contributed by atoms with Crippen molar-refractivity contribution in [1.82, 2.24) is 10.1 Å². The lowest BCUT2D eigenvalue weighted by molar-refractivity contribution is 0.289. The van der Waals surface area contributed by atoms with E-state index in [1.54, 1.807) is 12.3 Å². The lowest BCUT2D eigenvalue weighted by atomic mass is 9.84.